The number of aromatic amines is 1. The quantitative estimate of drug-likeness (QED) is 0.782. The van der Waals surface area contributed by atoms with Crippen molar-refractivity contribution in [3.05, 3.63) is 29.0 Å². The lowest BCUT2D eigenvalue weighted by Gasteiger charge is -2.24. The molecule has 5 nitrogen and oxygen atoms in total. The van der Waals surface area contributed by atoms with Gasteiger partial charge in [-0.25, -0.2) is 0 Å². The third-order valence-electron chi connectivity index (χ3n) is 4.07. The molecule has 1 heterocycles. The fourth-order valence-corrected chi connectivity index (χ4v) is 3.16. The minimum absolute atomic E-state index is 0.250. The molecule has 2 aromatic rings. The molecule has 106 valence electrons. The minimum Gasteiger partial charge on any atom is -0.495 e. The maximum absolute atomic E-state index is 11.2. The first-order chi connectivity index (χ1) is 9.51. The van der Waals surface area contributed by atoms with E-state index in [0.717, 1.165) is 33.5 Å². The highest BCUT2D eigenvalue weighted by Crippen LogP contribution is 2.40. The highest BCUT2D eigenvalue weighted by atomic mass is 16.5. The van der Waals surface area contributed by atoms with E-state index in [1.807, 2.05) is 13.0 Å². The fourth-order valence-electron chi connectivity index (χ4n) is 3.16. The van der Waals surface area contributed by atoms with Crippen molar-refractivity contribution in [1.29, 1.82) is 0 Å². The summed E-state index contributed by atoms with van der Waals surface area (Å²) in [6.07, 6.45) is 0.973. The molecular weight excluding hydrogens is 256 g/mol. The molecule has 1 aliphatic carbocycles. The highest BCUT2D eigenvalue weighted by molar-refractivity contribution is 5.91. The van der Waals surface area contributed by atoms with Crippen LogP contribution in [0.5, 0.6) is 5.75 Å². The Kier molecular flexibility index (Phi) is 2.94. The van der Waals surface area contributed by atoms with E-state index in [1.54, 1.807) is 7.11 Å². The van der Waals surface area contributed by atoms with Crippen LogP contribution in [0.4, 0.5) is 0 Å². The number of aryl methyl sites for hydroxylation is 1. The number of methoxy groups -OCH3 is 1. The predicted molar refractivity (Wildman–Crippen MR) is 76.0 cm³/mol. The maximum Gasteiger partial charge on any atom is 0.306 e. The van der Waals surface area contributed by atoms with Crippen LogP contribution >= 0.6 is 0 Å². The van der Waals surface area contributed by atoms with Gasteiger partial charge in [-0.15, -0.1) is 0 Å². The highest BCUT2D eigenvalue weighted by Gasteiger charge is 2.32. The number of carboxylic acid groups (broad SMARTS) is 1. The van der Waals surface area contributed by atoms with Gasteiger partial charge in [0.05, 0.1) is 18.5 Å². The van der Waals surface area contributed by atoms with Crippen molar-refractivity contribution in [2.75, 3.05) is 7.11 Å². The zero-order chi connectivity index (χ0) is 14.4. The summed E-state index contributed by atoms with van der Waals surface area (Å²) < 4.78 is 5.41. The predicted octanol–water partition coefficient (Wildman–Crippen LogP) is 2.13. The Bertz CT molecular complexity index is 690. The van der Waals surface area contributed by atoms with Gasteiger partial charge in [-0.05, 0) is 36.6 Å². The van der Waals surface area contributed by atoms with Crippen molar-refractivity contribution < 1.29 is 14.6 Å². The molecule has 0 saturated carbocycles. The molecule has 4 N–H and O–H groups in total. The van der Waals surface area contributed by atoms with Gasteiger partial charge in [0.2, 0.25) is 0 Å². The molecule has 5 heteroatoms. The van der Waals surface area contributed by atoms with Crippen molar-refractivity contribution in [2.45, 2.75) is 25.8 Å². The summed E-state index contributed by atoms with van der Waals surface area (Å²) in [6, 6.07) is 3.79. The van der Waals surface area contributed by atoms with Crippen molar-refractivity contribution in [3.63, 3.8) is 0 Å². The number of aliphatic carboxylic acids is 1. The molecule has 20 heavy (non-hydrogen) atoms. The summed E-state index contributed by atoms with van der Waals surface area (Å²) in [4.78, 5) is 14.5. The molecule has 2 atom stereocenters. The number of nitrogens with one attached hydrogen (secondary N) is 1. The topological polar surface area (TPSA) is 88.3 Å². The number of fused-ring (bicyclic) bond motifs is 3. The van der Waals surface area contributed by atoms with E-state index in [1.165, 1.54) is 0 Å². The molecule has 0 fully saturated rings. The smallest absolute Gasteiger partial charge is 0.306 e. The first-order valence-electron chi connectivity index (χ1n) is 6.68. The maximum atomic E-state index is 11.2. The van der Waals surface area contributed by atoms with Crippen LogP contribution in [0, 0.1) is 12.8 Å². The summed E-state index contributed by atoms with van der Waals surface area (Å²) in [5.41, 5.74) is 10.2. The molecular formula is C15H18N2O3. The van der Waals surface area contributed by atoms with Gasteiger partial charge < -0.3 is 20.6 Å². The third-order valence-corrected chi connectivity index (χ3v) is 4.07. The Hall–Kier alpha value is -2.01. The number of carboxylic acids is 1. The van der Waals surface area contributed by atoms with Gasteiger partial charge in [0, 0.05) is 23.5 Å². The molecule has 1 aromatic heterocycles. The van der Waals surface area contributed by atoms with Crippen LogP contribution in [0.25, 0.3) is 10.9 Å². The average Bonchev–Trinajstić information content (AvgIpc) is 2.76. The first-order valence-corrected chi connectivity index (χ1v) is 6.68. The van der Waals surface area contributed by atoms with Crippen LogP contribution in [0.2, 0.25) is 0 Å². The van der Waals surface area contributed by atoms with Gasteiger partial charge in [0.1, 0.15) is 5.75 Å². The second kappa shape index (κ2) is 4.52. The van der Waals surface area contributed by atoms with Crippen LogP contribution in [0.1, 0.15) is 29.3 Å². The number of hydrogen-bond donors (Lipinski definition) is 3. The Morgan fingerprint density at radius 3 is 2.90 bits per heavy atom. The minimum atomic E-state index is -0.784. The van der Waals surface area contributed by atoms with Crippen LogP contribution < -0.4 is 10.5 Å². The van der Waals surface area contributed by atoms with E-state index in [-0.39, 0.29) is 6.04 Å². The Labute approximate surface area is 116 Å². The average molecular weight is 274 g/mol. The van der Waals surface area contributed by atoms with E-state index >= 15 is 0 Å². The second-order valence-electron chi connectivity index (χ2n) is 5.49. The van der Waals surface area contributed by atoms with E-state index in [2.05, 4.69) is 11.1 Å². The standard InChI is InChI=1S/C15H18N2O3/c1-7-3-9-13-10(16)5-8(15(18)19)6-11(13)17-14(9)12(4-7)20-2/h3-4,8,10,17H,5-6,16H2,1-2H3,(H,18,19). The first kappa shape index (κ1) is 13.0. The second-order valence-corrected chi connectivity index (χ2v) is 5.49. The third kappa shape index (κ3) is 1.86. The van der Waals surface area contributed by atoms with Crippen LogP contribution in [0.15, 0.2) is 12.1 Å². The SMILES string of the molecule is COc1cc(C)cc2c3c([nH]c12)CC(C(=O)O)CC3N. The van der Waals surface area contributed by atoms with Gasteiger partial charge in [-0.3, -0.25) is 4.79 Å². The van der Waals surface area contributed by atoms with E-state index in [4.69, 9.17) is 10.5 Å². The lowest BCUT2D eigenvalue weighted by molar-refractivity contribution is -0.142. The monoisotopic (exact) mass is 274 g/mol. The molecule has 0 radical (unpaired) electrons. The van der Waals surface area contributed by atoms with Gasteiger partial charge in [-0.1, -0.05) is 0 Å². The summed E-state index contributed by atoms with van der Waals surface area (Å²) in [5, 5.41) is 10.3. The van der Waals surface area contributed by atoms with Crippen molar-refractivity contribution in [1.82, 2.24) is 4.98 Å². The Morgan fingerprint density at radius 1 is 1.50 bits per heavy atom. The van der Waals surface area contributed by atoms with Crippen LogP contribution in [-0.4, -0.2) is 23.2 Å². The number of aromatic nitrogens is 1. The van der Waals surface area contributed by atoms with Gasteiger partial charge in [-0.2, -0.15) is 0 Å². The Balaban J connectivity index is 2.21. The van der Waals surface area contributed by atoms with Gasteiger partial charge in [0.15, 0.2) is 0 Å². The number of ether oxygens (including phenoxy) is 1. The number of H-pyrrole nitrogens is 1. The van der Waals surface area contributed by atoms with Crippen LogP contribution in [-0.2, 0) is 11.2 Å². The number of hydrogen-bond acceptors (Lipinski definition) is 3. The van der Waals surface area contributed by atoms with Gasteiger partial charge >= 0.3 is 5.97 Å². The normalized spacial score (nSPS) is 21.8. The van der Waals surface area contributed by atoms with Crippen molar-refractivity contribution in [2.24, 2.45) is 11.7 Å². The number of rotatable bonds is 2. The molecule has 1 aliphatic rings. The fraction of sp³-hybridized carbons (Fsp3) is 0.400. The molecule has 0 spiro atoms. The van der Waals surface area contributed by atoms with E-state index in [0.29, 0.717) is 12.8 Å². The lowest BCUT2D eigenvalue weighted by atomic mass is 9.83. The largest absolute Gasteiger partial charge is 0.495 e. The number of nitrogens with two attached hydrogens (primary N) is 1. The number of carbonyl (C=O) groups is 1. The lowest BCUT2D eigenvalue weighted by Crippen LogP contribution is -2.28. The molecule has 0 saturated heterocycles. The van der Waals surface area contributed by atoms with E-state index < -0.39 is 11.9 Å². The van der Waals surface area contributed by atoms with Crippen LogP contribution in [0.3, 0.4) is 0 Å². The molecule has 0 amide bonds. The molecule has 3 rings (SSSR count). The summed E-state index contributed by atoms with van der Waals surface area (Å²) >= 11 is 0. The number of benzene rings is 1. The molecule has 0 bridgehead atoms. The summed E-state index contributed by atoms with van der Waals surface area (Å²) in [7, 11) is 1.63. The van der Waals surface area contributed by atoms with Gasteiger partial charge in [0.25, 0.3) is 0 Å². The molecule has 0 aliphatic heterocycles. The van der Waals surface area contributed by atoms with Crippen molar-refractivity contribution in [3.8, 4) is 5.75 Å². The summed E-state index contributed by atoms with van der Waals surface area (Å²) in [5.74, 6) is -0.431. The summed E-state index contributed by atoms with van der Waals surface area (Å²) in [6.45, 7) is 2.01. The zero-order valence-electron chi connectivity index (χ0n) is 11.6. The molecule has 1 aromatic carbocycles. The molecule has 2 unspecified atom stereocenters. The zero-order valence-corrected chi connectivity index (χ0v) is 11.6. The Morgan fingerprint density at radius 2 is 2.25 bits per heavy atom. The van der Waals surface area contributed by atoms with Crippen molar-refractivity contribution >= 4 is 16.9 Å². The van der Waals surface area contributed by atoms with E-state index in [9.17, 15) is 9.90 Å².